The van der Waals surface area contributed by atoms with Gasteiger partial charge in [-0.2, -0.15) is 14.8 Å². The molecule has 0 saturated carbocycles. The van der Waals surface area contributed by atoms with E-state index in [9.17, 15) is 4.79 Å². The van der Waals surface area contributed by atoms with Gasteiger partial charge < -0.3 is 9.42 Å². The minimum Gasteiger partial charge on any atom is -0.366 e. The topological polar surface area (TPSA) is 80.3 Å². The Labute approximate surface area is 208 Å². The molecule has 0 amide bonds. The minimum absolute atomic E-state index is 0.207. The van der Waals surface area contributed by atoms with Gasteiger partial charge in [-0.25, -0.2) is 0 Å². The molecular weight excluding hydrogens is 464 g/mol. The predicted octanol–water partition coefficient (Wildman–Crippen LogP) is 4.00. The number of aryl methyl sites for hydroxylation is 2. The third kappa shape index (κ3) is 5.28. The van der Waals surface area contributed by atoms with Crippen LogP contribution in [0.15, 0.2) is 70.1 Å². The summed E-state index contributed by atoms with van der Waals surface area (Å²) in [5, 5.41) is 8.68. The van der Waals surface area contributed by atoms with Crippen LogP contribution in [0.5, 0.6) is 0 Å². The Morgan fingerprint density at radius 1 is 1.00 bits per heavy atom. The van der Waals surface area contributed by atoms with Crippen molar-refractivity contribution in [3.63, 3.8) is 0 Å². The monoisotopic (exact) mass is 490 g/mol. The highest BCUT2D eigenvalue weighted by molar-refractivity contribution is 6.33. The maximum atomic E-state index is 12.8. The molecule has 8 nitrogen and oxygen atoms in total. The molecule has 0 spiro atoms. The lowest BCUT2D eigenvalue weighted by atomic mass is 10.1. The largest absolute Gasteiger partial charge is 0.366 e. The van der Waals surface area contributed by atoms with Crippen LogP contribution in [0.4, 0.5) is 5.69 Å². The Balaban J connectivity index is 1.13. The van der Waals surface area contributed by atoms with E-state index in [1.807, 2.05) is 54.6 Å². The Bertz CT molecular complexity index is 1330. The average Bonchev–Trinajstić information content (AvgIpc) is 3.36. The maximum absolute atomic E-state index is 12.8. The van der Waals surface area contributed by atoms with Gasteiger partial charge >= 0.3 is 0 Å². The van der Waals surface area contributed by atoms with Crippen LogP contribution in [-0.2, 0) is 6.42 Å². The van der Waals surface area contributed by atoms with Gasteiger partial charge in [0.1, 0.15) is 5.02 Å². The number of hydrogen-bond donors (Lipinski definition) is 0. The molecule has 0 unspecified atom stereocenters. The van der Waals surface area contributed by atoms with E-state index in [-0.39, 0.29) is 10.6 Å². The molecule has 1 aliphatic heterocycles. The van der Waals surface area contributed by atoms with Crippen LogP contribution in [0.25, 0.3) is 17.1 Å². The highest BCUT2D eigenvalue weighted by atomic mass is 35.5. The summed E-state index contributed by atoms with van der Waals surface area (Å²) in [6.07, 6.45) is 3.37. The third-order valence-corrected chi connectivity index (χ3v) is 6.61. The fourth-order valence-electron chi connectivity index (χ4n) is 4.24. The molecule has 3 heterocycles. The first-order valence-corrected chi connectivity index (χ1v) is 12.2. The van der Waals surface area contributed by atoms with Crippen LogP contribution in [0.3, 0.4) is 0 Å². The summed E-state index contributed by atoms with van der Waals surface area (Å²) >= 11 is 6.47. The zero-order valence-electron chi connectivity index (χ0n) is 19.6. The first-order valence-electron chi connectivity index (χ1n) is 11.8. The van der Waals surface area contributed by atoms with Crippen molar-refractivity contribution in [3.05, 3.63) is 87.6 Å². The predicted molar refractivity (Wildman–Crippen MR) is 136 cm³/mol. The zero-order valence-corrected chi connectivity index (χ0v) is 20.4. The number of rotatable bonds is 7. The lowest BCUT2D eigenvalue weighted by molar-refractivity contribution is 0.250. The standard InChI is InChI=1S/C26H27ClN6O2/c1-19-9-11-20(12-10-19)25-29-23(35-30-25)8-5-13-31-14-16-32(17-15-31)22-18-28-33(26(34)24(22)27)21-6-3-2-4-7-21/h2-4,6-7,9-12,18H,5,8,13-17H2,1H3. The van der Waals surface area contributed by atoms with Crippen molar-refractivity contribution in [3.8, 4) is 17.1 Å². The second-order valence-corrected chi connectivity index (χ2v) is 9.08. The number of anilines is 1. The Morgan fingerprint density at radius 2 is 1.74 bits per heavy atom. The molecule has 4 aromatic rings. The summed E-state index contributed by atoms with van der Waals surface area (Å²) in [5.74, 6) is 1.30. The van der Waals surface area contributed by atoms with Crippen molar-refractivity contribution >= 4 is 17.3 Å². The summed E-state index contributed by atoms with van der Waals surface area (Å²) in [6, 6.07) is 17.4. The molecule has 0 N–H and O–H groups in total. The first kappa shape index (κ1) is 23.3. The molecule has 2 aromatic carbocycles. The fraction of sp³-hybridized carbons (Fsp3) is 0.308. The van der Waals surface area contributed by atoms with Crippen molar-refractivity contribution < 1.29 is 4.52 Å². The molecule has 0 aliphatic carbocycles. The molecule has 1 saturated heterocycles. The van der Waals surface area contributed by atoms with Gasteiger partial charge in [-0.15, -0.1) is 0 Å². The molecule has 35 heavy (non-hydrogen) atoms. The number of nitrogens with zero attached hydrogens (tertiary/aromatic N) is 6. The van der Waals surface area contributed by atoms with Crippen molar-refractivity contribution in [2.45, 2.75) is 19.8 Å². The van der Waals surface area contributed by atoms with Crippen LogP contribution in [0.1, 0.15) is 17.9 Å². The zero-order chi connectivity index (χ0) is 24.2. The van der Waals surface area contributed by atoms with Crippen molar-refractivity contribution in [2.24, 2.45) is 0 Å². The number of piperazine rings is 1. The molecule has 1 fully saturated rings. The quantitative estimate of drug-likeness (QED) is 0.387. The van der Waals surface area contributed by atoms with Gasteiger partial charge in [0.15, 0.2) is 0 Å². The molecule has 5 rings (SSSR count). The lowest BCUT2D eigenvalue weighted by Gasteiger charge is -2.36. The molecule has 9 heteroatoms. The van der Waals surface area contributed by atoms with Gasteiger partial charge in [0, 0.05) is 38.2 Å². The molecule has 0 bridgehead atoms. The van der Waals surface area contributed by atoms with Gasteiger partial charge in [0.05, 0.1) is 17.6 Å². The highest BCUT2D eigenvalue weighted by Crippen LogP contribution is 2.23. The molecule has 180 valence electrons. The van der Waals surface area contributed by atoms with Crippen molar-refractivity contribution in [1.29, 1.82) is 0 Å². The van der Waals surface area contributed by atoms with Gasteiger partial charge in [-0.3, -0.25) is 9.69 Å². The van der Waals surface area contributed by atoms with E-state index >= 15 is 0 Å². The summed E-state index contributed by atoms with van der Waals surface area (Å²) in [5.41, 5.74) is 3.25. The van der Waals surface area contributed by atoms with Gasteiger partial charge in [-0.1, -0.05) is 64.8 Å². The number of benzene rings is 2. The highest BCUT2D eigenvalue weighted by Gasteiger charge is 2.21. The second kappa shape index (κ2) is 10.4. The van der Waals surface area contributed by atoms with E-state index in [2.05, 4.69) is 32.0 Å². The molecule has 2 aromatic heterocycles. The average molecular weight is 491 g/mol. The number of hydrogen-bond acceptors (Lipinski definition) is 7. The summed E-state index contributed by atoms with van der Waals surface area (Å²) in [4.78, 5) is 21.9. The van der Waals surface area contributed by atoms with Crippen LogP contribution >= 0.6 is 11.6 Å². The van der Waals surface area contributed by atoms with E-state index in [1.54, 1.807) is 6.20 Å². The maximum Gasteiger partial charge on any atom is 0.292 e. The number of para-hydroxylation sites is 1. The summed E-state index contributed by atoms with van der Waals surface area (Å²) in [7, 11) is 0. The first-order chi connectivity index (χ1) is 17.1. The molecule has 0 radical (unpaired) electrons. The summed E-state index contributed by atoms with van der Waals surface area (Å²) in [6.45, 7) is 6.34. The van der Waals surface area contributed by atoms with Gasteiger partial charge in [-0.05, 0) is 32.0 Å². The SMILES string of the molecule is Cc1ccc(-c2noc(CCCN3CCN(c4cnn(-c5ccccc5)c(=O)c4Cl)CC3)n2)cc1. The van der Waals surface area contributed by atoms with E-state index in [4.69, 9.17) is 16.1 Å². The Morgan fingerprint density at radius 3 is 2.49 bits per heavy atom. The Hall–Kier alpha value is -3.49. The van der Waals surface area contributed by atoms with Crippen LogP contribution in [0, 0.1) is 6.92 Å². The van der Waals surface area contributed by atoms with Gasteiger partial charge in [0.2, 0.25) is 11.7 Å². The van der Waals surface area contributed by atoms with Crippen LogP contribution in [0.2, 0.25) is 5.02 Å². The van der Waals surface area contributed by atoms with E-state index in [0.717, 1.165) is 51.1 Å². The molecular formula is C26H27ClN6O2. The van der Waals surface area contributed by atoms with E-state index < -0.39 is 0 Å². The second-order valence-electron chi connectivity index (χ2n) is 8.71. The van der Waals surface area contributed by atoms with Gasteiger partial charge in [0.25, 0.3) is 5.56 Å². The Kier molecular flexibility index (Phi) is 6.92. The smallest absolute Gasteiger partial charge is 0.292 e. The fourth-order valence-corrected chi connectivity index (χ4v) is 4.49. The third-order valence-electron chi connectivity index (χ3n) is 6.26. The van der Waals surface area contributed by atoms with Crippen molar-refractivity contribution in [2.75, 3.05) is 37.6 Å². The van der Waals surface area contributed by atoms with Crippen LogP contribution < -0.4 is 10.5 Å². The van der Waals surface area contributed by atoms with E-state index in [0.29, 0.717) is 23.1 Å². The molecule has 1 aliphatic rings. The summed E-state index contributed by atoms with van der Waals surface area (Å²) < 4.78 is 6.78. The molecule has 0 atom stereocenters. The van der Waals surface area contributed by atoms with Crippen LogP contribution in [-0.4, -0.2) is 57.5 Å². The minimum atomic E-state index is -0.303. The number of halogens is 1. The van der Waals surface area contributed by atoms with E-state index in [1.165, 1.54) is 10.2 Å². The number of aromatic nitrogens is 4. The normalized spacial score (nSPS) is 14.4. The van der Waals surface area contributed by atoms with Crippen molar-refractivity contribution in [1.82, 2.24) is 24.8 Å². The lowest BCUT2D eigenvalue weighted by Crippen LogP contribution is -2.47.